The van der Waals surface area contributed by atoms with Gasteiger partial charge in [-0.25, -0.2) is 12.8 Å². The molecular formula is C13H9FN2O3S. The molecule has 0 fully saturated rings. The van der Waals surface area contributed by atoms with Crippen LogP contribution in [-0.2, 0) is 10.0 Å². The number of anilines is 1. The van der Waals surface area contributed by atoms with Crippen molar-refractivity contribution in [1.29, 1.82) is 5.26 Å². The number of sulfonamides is 1. The highest BCUT2D eigenvalue weighted by atomic mass is 32.2. The van der Waals surface area contributed by atoms with E-state index < -0.39 is 26.3 Å². The molecule has 2 N–H and O–H groups in total. The van der Waals surface area contributed by atoms with Gasteiger partial charge >= 0.3 is 0 Å². The second kappa shape index (κ2) is 5.19. The van der Waals surface area contributed by atoms with Gasteiger partial charge in [-0.3, -0.25) is 4.72 Å². The summed E-state index contributed by atoms with van der Waals surface area (Å²) in [5, 5.41) is 18.1. The average Bonchev–Trinajstić information content (AvgIpc) is 2.38. The molecule has 0 saturated carbocycles. The largest absolute Gasteiger partial charge is 0.508 e. The Labute approximate surface area is 115 Å². The zero-order chi connectivity index (χ0) is 14.8. The lowest BCUT2D eigenvalue weighted by molar-refractivity contribution is 0.475. The van der Waals surface area contributed by atoms with Crippen LogP contribution in [0.4, 0.5) is 10.1 Å². The number of benzene rings is 2. The molecular weight excluding hydrogens is 283 g/mol. The summed E-state index contributed by atoms with van der Waals surface area (Å²) in [4.78, 5) is -0.455. The second-order valence-electron chi connectivity index (χ2n) is 3.88. The standard InChI is InChI=1S/C13H9FN2O3S/c14-12-5-2-6-13(11(12)8-15)20(18,19)16-9-3-1-4-10(17)7-9/h1-7,16-17H. The van der Waals surface area contributed by atoms with Gasteiger partial charge in [0.2, 0.25) is 0 Å². The Bertz CT molecular complexity index is 798. The molecule has 7 heteroatoms. The van der Waals surface area contributed by atoms with Gasteiger partial charge in [0.25, 0.3) is 10.0 Å². The molecule has 0 amide bonds. The summed E-state index contributed by atoms with van der Waals surface area (Å²) < 4.78 is 39.9. The molecule has 2 rings (SSSR count). The van der Waals surface area contributed by atoms with E-state index in [-0.39, 0.29) is 11.4 Å². The second-order valence-corrected chi connectivity index (χ2v) is 5.53. The number of hydrogen-bond acceptors (Lipinski definition) is 4. The molecule has 0 aliphatic carbocycles. The molecule has 102 valence electrons. The van der Waals surface area contributed by atoms with Gasteiger partial charge in [0.05, 0.1) is 5.69 Å². The first-order valence-corrected chi connectivity index (χ1v) is 6.93. The van der Waals surface area contributed by atoms with Gasteiger partial charge in [0, 0.05) is 6.07 Å². The first-order valence-electron chi connectivity index (χ1n) is 5.44. The Morgan fingerprint density at radius 3 is 2.55 bits per heavy atom. The van der Waals surface area contributed by atoms with E-state index in [9.17, 15) is 17.9 Å². The third-order valence-corrected chi connectivity index (χ3v) is 3.90. The van der Waals surface area contributed by atoms with E-state index in [0.29, 0.717) is 0 Å². The summed E-state index contributed by atoms with van der Waals surface area (Å²) >= 11 is 0. The Hall–Kier alpha value is -2.59. The zero-order valence-corrected chi connectivity index (χ0v) is 10.9. The number of phenols is 1. The van der Waals surface area contributed by atoms with Gasteiger partial charge in [-0.05, 0) is 24.3 Å². The normalized spacial score (nSPS) is 10.8. The van der Waals surface area contributed by atoms with Crippen LogP contribution in [0.15, 0.2) is 47.4 Å². The summed E-state index contributed by atoms with van der Waals surface area (Å²) in [5.74, 6) is -1.03. The predicted molar refractivity (Wildman–Crippen MR) is 70.0 cm³/mol. The maximum absolute atomic E-state index is 13.4. The number of nitrogens with zero attached hydrogens (tertiary/aromatic N) is 1. The fraction of sp³-hybridized carbons (Fsp3) is 0. The lowest BCUT2D eigenvalue weighted by Crippen LogP contribution is -2.15. The minimum Gasteiger partial charge on any atom is -0.508 e. The van der Waals surface area contributed by atoms with Gasteiger partial charge in [0.1, 0.15) is 28.1 Å². The number of phenolic OH excluding ortho intramolecular Hbond substituents is 1. The fourth-order valence-electron chi connectivity index (χ4n) is 1.62. The Morgan fingerprint density at radius 2 is 1.90 bits per heavy atom. The van der Waals surface area contributed by atoms with Crippen molar-refractivity contribution in [1.82, 2.24) is 0 Å². The van der Waals surface area contributed by atoms with Crippen LogP contribution >= 0.6 is 0 Å². The minimum absolute atomic E-state index is 0.109. The molecule has 0 saturated heterocycles. The van der Waals surface area contributed by atoms with Gasteiger partial charge in [-0.15, -0.1) is 0 Å². The summed E-state index contributed by atoms with van der Waals surface area (Å²) in [7, 11) is -4.12. The third kappa shape index (κ3) is 2.70. The van der Waals surface area contributed by atoms with Crippen LogP contribution < -0.4 is 4.72 Å². The van der Waals surface area contributed by atoms with E-state index in [2.05, 4.69) is 4.72 Å². The molecule has 0 bridgehead atoms. The molecule has 0 heterocycles. The molecule has 0 aliphatic rings. The van der Waals surface area contributed by atoms with Crippen molar-refractivity contribution < 1.29 is 17.9 Å². The zero-order valence-electron chi connectivity index (χ0n) is 10.0. The number of halogens is 1. The summed E-state index contributed by atoms with van der Waals surface area (Å²) in [6.07, 6.45) is 0. The molecule has 0 aromatic heterocycles. The first kappa shape index (κ1) is 13.8. The molecule has 5 nitrogen and oxygen atoms in total. The number of nitriles is 1. The Balaban J connectivity index is 2.47. The molecule has 0 unspecified atom stereocenters. The minimum atomic E-state index is -4.12. The van der Waals surface area contributed by atoms with Crippen LogP contribution in [-0.4, -0.2) is 13.5 Å². The van der Waals surface area contributed by atoms with E-state index in [4.69, 9.17) is 5.26 Å². The Morgan fingerprint density at radius 1 is 1.20 bits per heavy atom. The highest BCUT2D eigenvalue weighted by Crippen LogP contribution is 2.23. The van der Waals surface area contributed by atoms with E-state index in [1.807, 2.05) is 0 Å². The van der Waals surface area contributed by atoms with Crippen molar-refractivity contribution in [3.8, 4) is 11.8 Å². The molecule has 0 aliphatic heterocycles. The summed E-state index contributed by atoms with van der Waals surface area (Å²) in [5.41, 5.74) is -0.446. The van der Waals surface area contributed by atoms with Crippen molar-refractivity contribution in [3.05, 3.63) is 53.8 Å². The van der Waals surface area contributed by atoms with Gasteiger partial charge in [-0.1, -0.05) is 12.1 Å². The van der Waals surface area contributed by atoms with Crippen LogP contribution in [0.1, 0.15) is 5.56 Å². The predicted octanol–water partition coefficient (Wildman–Crippen LogP) is 2.20. The number of rotatable bonds is 3. The molecule has 20 heavy (non-hydrogen) atoms. The molecule has 0 atom stereocenters. The van der Waals surface area contributed by atoms with E-state index in [1.165, 1.54) is 36.4 Å². The van der Waals surface area contributed by atoms with Crippen molar-refractivity contribution in [2.45, 2.75) is 4.90 Å². The van der Waals surface area contributed by atoms with Crippen molar-refractivity contribution >= 4 is 15.7 Å². The number of hydrogen-bond donors (Lipinski definition) is 2. The molecule has 2 aromatic carbocycles. The first-order chi connectivity index (χ1) is 9.44. The monoisotopic (exact) mass is 292 g/mol. The fourth-order valence-corrected chi connectivity index (χ4v) is 2.83. The number of nitrogens with one attached hydrogen (secondary N) is 1. The lowest BCUT2D eigenvalue weighted by Gasteiger charge is -2.09. The number of aromatic hydroxyl groups is 1. The van der Waals surface area contributed by atoms with Crippen molar-refractivity contribution in [2.75, 3.05) is 4.72 Å². The molecule has 2 aromatic rings. The van der Waals surface area contributed by atoms with Gasteiger partial charge in [0.15, 0.2) is 0 Å². The van der Waals surface area contributed by atoms with Gasteiger partial charge < -0.3 is 5.11 Å². The van der Waals surface area contributed by atoms with Crippen LogP contribution in [0.3, 0.4) is 0 Å². The quantitative estimate of drug-likeness (QED) is 0.907. The third-order valence-electron chi connectivity index (χ3n) is 2.48. The lowest BCUT2D eigenvalue weighted by atomic mass is 10.2. The SMILES string of the molecule is N#Cc1c(F)cccc1S(=O)(=O)Nc1cccc(O)c1. The van der Waals surface area contributed by atoms with E-state index in [1.54, 1.807) is 0 Å². The van der Waals surface area contributed by atoms with E-state index >= 15 is 0 Å². The highest BCUT2D eigenvalue weighted by Gasteiger charge is 2.21. The smallest absolute Gasteiger partial charge is 0.263 e. The summed E-state index contributed by atoms with van der Waals surface area (Å²) in [6, 6.07) is 10.3. The van der Waals surface area contributed by atoms with Gasteiger partial charge in [-0.2, -0.15) is 5.26 Å². The highest BCUT2D eigenvalue weighted by molar-refractivity contribution is 7.92. The van der Waals surface area contributed by atoms with Crippen molar-refractivity contribution in [3.63, 3.8) is 0 Å². The summed E-state index contributed by atoms with van der Waals surface area (Å²) in [6.45, 7) is 0. The van der Waals surface area contributed by atoms with Crippen LogP contribution in [0.25, 0.3) is 0 Å². The average molecular weight is 292 g/mol. The van der Waals surface area contributed by atoms with E-state index in [0.717, 1.165) is 12.1 Å². The van der Waals surface area contributed by atoms with Crippen LogP contribution in [0.2, 0.25) is 0 Å². The van der Waals surface area contributed by atoms with Crippen LogP contribution in [0.5, 0.6) is 5.75 Å². The maximum Gasteiger partial charge on any atom is 0.263 e. The van der Waals surface area contributed by atoms with Crippen molar-refractivity contribution in [2.24, 2.45) is 0 Å². The Kier molecular flexibility index (Phi) is 3.59. The maximum atomic E-state index is 13.4. The topological polar surface area (TPSA) is 90.2 Å². The molecule has 0 radical (unpaired) electrons. The van der Waals surface area contributed by atoms with Crippen LogP contribution in [0, 0.1) is 17.1 Å². The molecule has 0 spiro atoms.